The summed E-state index contributed by atoms with van der Waals surface area (Å²) in [7, 11) is -4.17. The maximum atomic E-state index is 13.6. The smallest absolute Gasteiger partial charge is 0.266 e. The van der Waals surface area contributed by atoms with E-state index in [0.29, 0.717) is 6.54 Å². The van der Waals surface area contributed by atoms with Crippen molar-refractivity contribution in [3.8, 4) is 0 Å². The Morgan fingerprint density at radius 2 is 1.70 bits per heavy atom. The molecule has 0 saturated heterocycles. The molecule has 1 amide bonds. The molecule has 8 heteroatoms. The van der Waals surface area contributed by atoms with Crippen LogP contribution in [-0.2, 0) is 16.6 Å². The van der Waals surface area contributed by atoms with Crippen molar-refractivity contribution in [3.05, 3.63) is 94.8 Å². The molecule has 0 spiro atoms. The van der Waals surface area contributed by atoms with Gasteiger partial charge >= 0.3 is 0 Å². The first-order valence-corrected chi connectivity index (χ1v) is 11.0. The highest BCUT2D eigenvalue weighted by Crippen LogP contribution is 2.31. The second kappa shape index (κ2) is 9.28. The van der Waals surface area contributed by atoms with Gasteiger partial charge in [-0.25, -0.2) is 12.8 Å². The number of carbonyl (C=O) groups is 1. The molecule has 3 aromatic rings. The lowest BCUT2D eigenvalue weighted by Crippen LogP contribution is -2.31. The molecule has 0 fully saturated rings. The van der Waals surface area contributed by atoms with Crippen molar-refractivity contribution in [2.24, 2.45) is 0 Å². The summed E-state index contributed by atoms with van der Waals surface area (Å²) in [4.78, 5) is 12.0. The molecule has 0 heterocycles. The summed E-state index contributed by atoms with van der Waals surface area (Å²) >= 11 is 6.22. The number of hydrogen-bond acceptors (Lipinski definition) is 3. The summed E-state index contributed by atoms with van der Waals surface area (Å²) in [5, 5.41) is 2.62. The number of amides is 1. The summed E-state index contributed by atoms with van der Waals surface area (Å²) in [6, 6.07) is 18.3. The minimum absolute atomic E-state index is 0.0104. The standard InChI is InChI=1S/C22H20ClFN2O3S/c1-2-25-22(27)17-8-13-20(23)21(14-17)30(28,29)26(15-16-6-4-3-5-7-16)19-11-9-18(24)10-12-19/h3-14H,2,15H2,1H3,(H,25,27). The molecule has 0 unspecified atom stereocenters. The monoisotopic (exact) mass is 446 g/mol. The average molecular weight is 447 g/mol. The first kappa shape index (κ1) is 21.8. The highest BCUT2D eigenvalue weighted by atomic mass is 35.5. The molecule has 5 nitrogen and oxygen atoms in total. The third-order valence-corrected chi connectivity index (χ3v) is 6.64. The van der Waals surface area contributed by atoms with Gasteiger partial charge in [0.25, 0.3) is 15.9 Å². The van der Waals surface area contributed by atoms with Crippen LogP contribution in [0.1, 0.15) is 22.8 Å². The van der Waals surface area contributed by atoms with Gasteiger partial charge in [-0.2, -0.15) is 0 Å². The van der Waals surface area contributed by atoms with Crippen molar-refractivity contribution < 1.29 is 17.6 Å². The van der Waals surface area contributed by atoms with Gasteiger partial charge in [-0.1, -0.05) is 41.9 Å². The Morgan fingerprint density at radius 1 is 1.03 bits per heavy atom. The molecule has 0 bridgehead atoms. The third-order valence-electron chi connectivity index (χ3n) is 4.38. The van der Waals surface area contributed by atoms with Gasteiger partial charge in [-0.05, 0) is 55.0 Å². The van der Waals surface area contributed by atoms with Crippen molar-refractivity contribution in [2.45, 2.75) is 18.4 Å². The van der Waals surface area contributed by atoms with Crippen LogP contribution in [0.3, 0.4) is 0 Å². The number of halogens is 2. The fourth-order valence-corrected chi connectivity index (χ4v) is 4.85. The Kier molecular flexibility index (Phi) is 6.74. The van der Waals surface area contributed by atoms with Crippen LogP contribution < -0.4 is 9.62 Å². The van der Waals surface area contributed by atoms with Crippen LogP contribution in [0.2, 0.25) is 5.02 Å². The number of rotatable bonds is 7. The van der Waals surface area contributed by atoms with E-state index in [1.807, 2.05) is 6.07 Å². The molecule has 0 saturated carbocycles. The number of anilines is 1. The van der Waals surface area contributed by atoms with Crippen LogP contribution in [0.5, 0.6) is 0 Å². The van der Waals surface area contributed by atoms with E-state index in [0.717, 1.165) is 9.87 Å². The molecule has 3 aromatic carbocycles. The maximum absolute atomic E-state index is 13.6. The van der Waals surface area contributed by atoms with Gasteiger partial charge in [0.05, 0.1) is 17.3 Å². The number of hydrogen-bond donors (Lipinski definition) is 1. The lowest BCUT2D eigenvalue weighted by Gasteiger charge is -2.25. The second-order valence-corrected chi connectivity index (χ2v) is 8.72. The van der Waals surface area contributed by atoms with Crippen LogP contribution in [0.4, 0.5) is 10.1 Å². The van der Waals surface area contributed by atoms with E-state index in [-0.39, 0.29) is 27.7 Å². The minimum Gasteiger partial charge on any atom is -0.352 e. The number of nitrogens with zero attached hydrogens (tertiary/aromatic N) is 1. The third kappa shape index (κ3) is 4.80. The summed E-state index contributed by atoms with van der Waals surface area (Å²) in [6.45, 7) is 2.18. The zero-order valence-electron chi connectivity index (χ0n) is 16.2. The van der Waals surface area contributed by atoms with E-state index in [9.17, 15) is 17.6 Å². The van der Waals surface area contributed by atoms with Gasteiger partial charge in [0.1, 0.15) is 10.7 Å². The van der Waals surface area contributed by atoms with Crippen LogP contribution >= 0.6 is 11.6 Å². The topological polar surface area (TPSA) is 66.5 Å². The molecule has 0 aliphatic carbocycles. The predicted octanol–water partition coefficient (Wildman–Crippen LogP) is 4.62. The Morgan fingerprint density at radius 3 is 2.33 bits per heavy atom. The van der Waals surface area contributed by atoms with E-state index in [1.54, 1.807) is 31.2 Å². The first-order valence-electron chi connectivity index (χ1n) is 9.23. The van der Waals surface area contributed by atoms with E-state index >= 15 is 0 Å². The molecule has 0 aliphatic heterocycles. The van der Waals surface area contributed by atoms with E-state index < -0.39 is 21.7 Å². The van der Waals surface area contributed by atoms with E-state index in [1.165, 1.54) is 42.5 Å². The maximum Gasteiger partial charge on any atom is 0.266 e. The minimum atomic E-state index is -4.17. The fourth-order valence-electron chi connectivity index (χ4n) is 2.90. The Balaban J connectivity index is 2.11. The van der Waals surface area contributed by atoms with Gasteiger partial charge in [0, 0.05) is 12.1 Å². The van der Waals surface area contributed by atoms with Crippen LogP contribution in [-0.4, -0.2) is 20.9 Å². The zero-order valence-corrected chi connectivity index (χ0v) is 17.8. The summed E-state index contributed by atoms with van der Waals surface area (Å²) in [5.74, 6) is -0.880. The summed E-state index contributed by atoms with van der Waals surface area (Å²) in [6.07, 6.45) is 0. The molecule has 0 aromatic heterocycles. The van der Waals surface area contributed by atoms with Gasteiger partial charge in [0.2, 0.25) is 0 Å². The van der Waals surface area contributed by atoms with Crippen molar-refractivity contribution >= 4 is 33.2 Å². The normalized spacial score (nSPS) is 11.2. The number of nitrogens with one attached hydrogen (secondary N) is 1. The van der Waals surface area contributed by atoms with Crippen molar-refractivity contribution in [3.63, 3.8) is 0 Å². The Bertz CT molecular complexity index is 1140. The van der Waals surface area contributed by atoms with Crippen LogP contribution in [0.25, 0.3) is 0 Å². The molecular formula is C22H20ClFN2O3S. The average Bonchev–Trinajstić information content (AvgIpc) is 2.74. The van der Waals surface area contributed by atoms with E-state index in [2.05, 4.69) is 5.32 Å². The van der Waals surface area contributed by atoms with Crippen molar-refractivity contribution in [2.75, 3.05) is 10.8 Å². The Hall–Kier alpha value is -2.90. The fraction of sp³-hybridized carbons (Fsp3) is 0.136. The molecule has 30 heavy (non-hydrogen) atoms. The predicted molar refractivity (Wildman–Crippen MR) is 116 cm³/mol. The highest BCUT2D eigenvalue weighted by Gasteiger charge is 2.28. The van der Waals surface area contributed by atoms with Crippen molar-refractivity contribution in [1.29, 1.82) is 0 Å². The quantitative estimate of drug-likeness (QED) is 0.575. The van der Waals surface area contributed by atoms with E-state index in [4.69, 9.17) is 11.6 Å². The molecule has 0 atom stereocenters. The number of carbonyl (C=O) groups excluding carboxylic acids is 1. The molecular weight excluding hydrogens is 427 g/mol. The number of benzene rings is 3. The summed E-state index contributed by atoms with van der Waals surface area (Å²) < 4.78 is 41.8. The SMILES string of the molecule is CCNC(=O)c1ccc(Cl)c(S(=O)(=O)N(Cc2ccccc2)c2ccc(F)cc2)c1. The Labute approximate surface area is 180 Å². The van der Waals surface area contributed by atoms with Gasteiger partial charge in [-0.3, -0.25) is 9.10 Å². The second-order valence-electron chi connectivity index (χ2n) is 6.48. The van der Waals surface area contributed by atoms with Gasteiger partial charge in [-0.15, -0.1) is 0 Å². The zero-order chi connectivity index (χ0) is 21.7. The summed E-state index contributed by atoms with van der Waals surface area (Å²) in [5.41, 5.74) is 1.19. The number of sulfonamides is 1. The van der Waals surface area contributed by atoms with Gasteiger partial charge < -0.3 is 5.32 Å². The lowest BCUT2D eigenvalue weighted by atomic mass is 10.2. The molecule has 156 valence electrons. The molecule has 0 aliphatic rings. The molecule has 0 radical (unpaired) electrons. The van der Waals surface area contributed by atoms with Crippen molar-refractivity contribution in [1.82, 2.24) is 5.32 Å². The van der Waals surface area contributed by atoms with Gasteiger partial charge in [0.15, 0.2) is 0 Å². The highest BCUT2D eigenvalue weighted by molar-refractivity contribution is 7.93. The van der Waals surface area contributed by atoms with Crippen LogP contribution in [0, 0.1) is 5.82 Å². The molecule has 3 rings (SSSR count). The molecule has 1 N–H and O–H groups in total. The first-order chi connectivity index (χ1) is 14.3. The largest absolute Gasteiger partial charge is 0.352 e. The van der Waals surface area contributed by atoms with Crippen LogP contribution in [0.15, 0.2) is 77.7 Å². The lowest BCUT2D eigenvalue weighted by molar-refractivity contribution is 0.0955.